The zero-order valence-electron chi connectivity index (χ0n) is 19.7. The van der Waals surface area contributed by atoms with Gasteiger partial charge in [0.2, 0.25) is 21.8 Å². The fraction of sp³-hybridized carbons (Fsp3) is 0.417. The standard InChI is InChI=1S/C24H32FN3O4S/c1-6-18(3)26-24(30)19(4)27(15-20-10-8-7-9-17(20)2)23(29)16-28(33(5,31)32)22-13-11-21(25)12-14-22/h7-14,18-19H,6,15-16H2,1-5H3,(H,26,30). The summed E-state index contributed by atoms with van der Waals surface area (Å²) in [6.07, 6.45) is 1.71. The predicted molar refractivity (Wildman–Crippen MR) is 128 cm³/mol. The number of aryl methyl sites for hydroxylation is 1. The molecule has 0 fully saturated rings. The van der Waals surface area contributed by atoms with Gasteiger partial charge in [0, 0.05) is 12.6 Å². The zero-order valence-corrected chi connectivity index (χ0v) is 20.5. The number of carbonyl (C=O) groups excluding carboxylic acids is 2. The Morgan fingerprint density at radius 3 is 2.21 bits per heavy atom. The number of sulfonamides is 1. The van der Waals surface area contributed by atoms with Gasteiger partial charge in [-0.15, -0.1) is 0 Å². The van der Waals surface area contributed by atoms with Gasteiger partial charge >= 0.3 is 0 Å². The van der Waals surface area contributed by atoms with E-state index in [-0.39, 0.29) is 24.2 Å². The molecule has 2 atom stereocenters. The van der Waals surface area contributed by atoms with E-state index in [1.165, 1.54) is 17.0 Å². The van der Waals surface area contributed by atoms with Crippen molar-refractivity contribution >= 4 is 27.5 Å². The van der Waals surface area contributed by atoms with Gasteiger partial charge in [-0.1, -0.05) is 31.2 Å². The van der Waals surface area contributed by atoms with Crippen LogP contribution in [0.5, 0.6) is 0 Å². The van der Waals surface area contributed by atoms with Gasteiger partial charge in [0.15, 0.2) is 0 Å². The molecule has 2 amide bonds. The summed E-state index contributed by atoms with van der Waals surface area (Å²) in [7, 11) is -3.85. The Labute approximate surface area is 195 Å². The molecule has 0 aliphatic heterocycles. The Bertz CT molecular complexity index is 1070. The predicted octanol–water partition coefficient (Wildman–Crippen LogP) is 3.23. The van der Waals surface area contributed by atoms with Crippen LogP contribution in [0.3, 0.4) is 0 Å². The molecule has 0 radical (unpaired) electrons. The zero-order chi connectivity index (χ0) is 24.8. The molecule has 0 heterocycles. The van der Waals surface area contributed by atoms with Gasteiger partial charge in [0.25, 0.3) is 0 Å². The average Bonchev–Trinajstić information content (AvgIpc) is 2.76. The van der Waals surface area contributed by atoms with Crippen molar-refractivity contribution in [1.82, 2.24) is 10.2 Å². The fourth-order valence-corrected chi connectivity index (χ4v) is 4.09. The lowest BCUT2D eigenvalue weighted by Gasteiger charge is -2.32. The van der Waals surface area contributed by atoms with Crippen molar-refractivity contribution in [2.24, 2.45) is 0 Å². The lowest BCUT2D eigenvalue weighted by atomic mass is 10.1. The third-order valence-corrected chi connectivity index (χ3v) is 6.70. The van der Waals surface area contributed by atoms with Crippen LogP contribution in [0.1, 0.15) is 38.3 Å². The molecular weight excluding hydrogens is 445 g/mol. The average molecular weight is 478 g/mol. The summed E-state index contributed by atoms with van der Waals surface area (Å²) in [5, 5.41) is 2.88. The molecule has 0 saturated heterocycles. The minimum atomic E-state index is -3.85. The second kappa shape index (κ2) is 11.3. The number of benzene rings is 2. The molecule has 2 unspecified atom stereocenters. The van der Waals surface area contributed by atoms with Gasteiger partial charge in [-0.05, 0) is 62.6 Å². The van der Waals surface area contributed by atoms with Crippen LogP contribution in [0.2, 0.25) is 0 Å². The quantitative estimate of drug-likeness (QED) is 0.569. The first-order valence-electron chi connectivity index (χ1n) is 10.8. The molecule has 7 nitrogen and oxygen atoms in total. The van der Waals surface area contributed by atoms with E-state index >= 15 is 0 Å². The lowest BCUT2D eigenvalue weighted by molar-refractivity contribution is -0.139. The molecule has 0 saturated carbocycles. The van der Waals surface area contributed by atoms with Crippen LogP contribution in [-0.4, -0.2) is 50.0 Å². The molecule has 2 aromatic rings. The number of halogens is 1. The van der Waals surface area contributed by atoms with Crippen molar-refractivity contribution in [2.45, 2.75) is 52.7 Å². The smallest absolute Gasteiger partial charge is 0.244 e. The van der Waals surface area contributed by atoms with Gasteiger partial charge in [-0.3, -0.25) is 13.9 Å². The highest BCUT2D eigenvalue weighted by atomic mass is 32.2. The second-order valence-electron chi connectivity index (χ2n) is 8.19. The topological polar surface area (TPSA) is 86.8 Å². The Hall–Kier alpha value is -2.94. The number of anilines is 1. The molecule has 2 aromatic carbocycles. The summed E-state index contributed by atoms with van der Waals surface area (Å²) in [6.45, 7) is 6.97. The first kappa shape index (κ1) is 26.3. The highest BCUT2D eigenvalue weighted by Gasteiger charge is 2.30. The molecule has 0 aliphatic rings. The number of carbonyl (C=O) groups is 2. The number of nitrogens with one attached hydrogen (secondary N) is 1. The first-order valence-corrected chi connectivity index (χ1v) is 12.7. The van der Waals surface area contributed by atoms with Crippen molar-refractivity contribution in [3.63, 3.8) is 0 Å². The molecule has 180 valence electrons. The van der Waals surface area contributed by atoms with Crippen LogP contribution in [-0.2, 0) is 26.2 Å². The number of hydrogen-bond donors (Lipinski definition) is 1. The van der Waals surface area contributed by atoms with Crippen molar-refractivity contribution < 1.29 is 22.4 Å². The summed E-state index contributed by atoms with van der Waals surface area (Å²) in [5.41, 5.74) is 1.96. The van der Waals surface area contributed by atoms with E-state index < -0.39 is 34.3 Å². The van der Waals surface area contributed by atoms with Crippen LogP contribution in [0.15, 0.2) is 48.5 Å². The molecule has 1 N–H and O–H groups in total. The molecule has 2 rings (SSSR count). The third kappa shape index (κ3) is 7.28. The minimum Gasteiger partial charge on any atom is -0.352 e. The summed E-state index contributed by atoms with van der Waals surface area (Å²) in [6, 6.07) is 11.5. The summed E-state index contributed by atoms with van der Waals surface area (Å²) < 4.78 is 39.2. The van der Waals surface area contributed by atoms with Crippen LogP contribution in [0.25, 0.3) is 0 Å². The SMILES string of the molecule is CCC(C)NC(=O)C(C)N(Cc1ccccc1C)C(=O)CN(c1ccc(F)cc1)S(C)(=O)=O. The number of amides is 2. The van der Waals surface area contributed by atoms with E-state index in [9.17, 15) is 22.4 Å². The third-order valence-electron chi connectivity index (χ3n) is 5.56. The fourth-order valence-electron chi connectivity index (χ4n) is 3.24. The highest BCUT2D eigenvalue weighted by Crippen LogP contribution is 2.20. The molecule has 9 heteroatoms. The van der Waals surface area contributed by atoms with E-state index in [0.29, 0.717) is 0 Å². The Morgan fingerprint density at radius 1 is 1.06 bits per heavy atom. The van der Waals surface area contributed by atoms with Gasteiger partial charge in [0.1, 0.15) is 18.4 Å². The lowest BCUT2D eigenvalue weighted by Crippen LogP contribution is -2.52. The van der Waals surface area contributed by atoms with E-state index in [1.54, 1.807) is 6.92 Å². The van der Waals surface area contributed by atoms with Gasteiger partial charge in [0.05, 0.1) is 11.9 Å². The Kier molecular flexibility index (Phi) is 8.99. The molecule has 0 aliphatic carbocycles. The maximum Gasteiger partial charge on any atom is 0.244 e. The van der Waals surface area contributed by atoms with Gasteiger partial charge in [-0.25, -0.2) is 12.8 Å². The maximum atomic E-state index is 13.4. The van der Waals surface area contributed by atoms with Crippen molar-refractivity contribution in [3.05, 3.63) is 65.5 Å². The molecule has 0 bridgehead atoms. The minimum absolute atomic E-state index is 0.0675. The normalized spacial score (nSPS) is 13.2. The van der Waals surface area contributed by atoms with Gasteiger partial charge < -0.3 is 10.2 Å². The largest absolute Gasteiger partial charge is 0.352 e. The summed E-state index contributed by atoms with van der Waals surface area (Å²) in [5.74, 6) is -1.38. The highest BCUT2D eigenvalue weighted by molar-refractivity contribution is 7.92. The summed E-state index contributed by atoms with van der Waals surface area (Å²) in [4.78, 5) is 27.6. The van der Waals surface area contributed by atoms with Crippen LogP contribution < -0.4 is 9.62 Å². The van der Waals surface area contributed by atoms with Crippen LogP contribution >= 0.6 is 0 Å². The summed E-state index contributed by atoms with van der Waals surface area (Å²) >= 11 is 0. The second-order valence-corrected chi connectivity index (χ2v) is 10.1. The molecule has 33 heavy (non-hydrogen) atoms. The first-order chi connectivity index (χ1) is 15.4. The van der Waals surface area contributed by atoms with Crippen molar-refractivity contribution in [1.29, 1.82) is 0 Å². The van der Waals surface area contributed by atoms with E-state index in [1.807, 2.05) is 45.0 Å². The Morgan fingerprint density at radius 2 is 1.67 bits per heavy atom. The van der Waals surface area contributed by atoms with E-state index in [2.05, 4.69) is 5.32 Å². The number of hydrogen-bond acceptors (Lipinski definition) is 4. The van der Waals surface area contributed by atoms with Crippen LogP contribution in [0.4, 0.5) is 10.1 Å². The maximum absolute atomic E-state index is 13.4. The number of nitrogens with zero attached hydrogens (tertiary/aromatic N) is 2. The number of rotatable bonds is 10. The Balaban J connectivity index is 2.39. The monoisotopic (exact) mass is 477 g/mol. The van der Waals surface area contributed by atoms with E-state index in [0.717, 1.165) is 40.2 Å². The van der Waals surface area contributed by atoms with E-state index in [4.69, 9.17) is 0 Å². The molecule has 0 spiro atoms. The molecular formula is C24H32FN3O4S. The molecule has 0 aromatic heterocycles. The van der Waals surface area contributed by atoms with Crippen molar-refractivity contribution in [3.8, 4) is 0 Å². The van der Waals surface area contributed by atoms with Crippen LogP contribution in [0, 0.1) is 12.7 Å². The van der Waals surface area contributed by atoms with Gasteiger partial charge in [-0.2, -0.15) is 0 Å². The van der Waals surface area contributed by atoms with Crippen molar-refractivity contribution in [2.75, 3.05) is 17.1 Å².